The summed E-state index contributed by atoms with van der Waals surface area (Å²) < 4.78 is 22.0. The molecule has 0 saturated heterocycles. The minimum absolute atomic E-state index is 0.460. The molecule has 0 amide bonds. The Bertz CT molecular complexity index is 604. The maximum atomic E-state index is 11.0. The first kappa shape index (κ1) is 12.2. The van der Waals surface area contributed by atoms with Crippen molar-refractivity contribution in [2.45, 2.75) is 4.90 Å². The fourth-order valence-corrected chi connectivity index (χ4v) is 2.00. The number of hydrogen-bond acceptors (Lipinski definition) is 6. The van der Waals surface area contributed by atoms with E-state index in [2.05, 4.69) is 0 Å². The Morgan fingerprint density at radius 2 is 2.06 bits per heavy atom. The van der Waals surface area contributed by atoms with Gasteiger partial charge in [-0.05, 0) is 0 Å². The molecule has 7 nitrogen and oxygen atoms in total. The van der Waals surface area contributed by atoms with Gasteiger partial charge in [-0.25, -0.2) is 8.42 Å². The predicted molar refractivity (Wildman–Crippen MR) is 52.5 cm³/mol. The lowest BCUT2D eigenvalue weighted by molar-refractivity contribution is -0.386. The van der Waals surface area contributed by atoms with Crippen LogP contribution >= 0.6 is 10.7 Å². The molecular formula is C7H3ClN2O5S. The summed E-state index contributed by atoms with van der Waals surface area (Å²) in [5.41, 5.74) is -1.30. The van der Waals surface area contributed by atoms with Crippen molar-refractivity contribution in [2.75, 3.05) is 0 Å². The number of nitro benzene ring substituents is 1. The maximum absolute atomic E-state index is 11.0. The molecule has 84 valence electrons. The minimum Gasteiger partial charge on any atom is -0.502 e. The molecule has 0 aromatic heterocycles. The van der Waals surface area contributed by atoms with Crippen LogP contribution in [0, 0.1) is 21.4 Å². The summed E-state index contributed by atoms with van der Waals surface area (Å²) in [6, 6.07) is 2.67. The van der Waals surface area contributed by atoms with Crippen molar-refractivity contribution in [3.63, 3.8) is 0 Å². The molecule has 0 unspecified atom stereocenters. The summed E-state index contributed by atoms with van der Waals surface area (Å²) in [6.07, 6.45) is 0. The highest BCUT2D eigenvalue weighted by Crippen LogP contribution is 2.32. The number of nitriles is 1. The number of halogens is 1. The van der Waals surface area contributed by atoms with Crippen LogP contribution in [0.5, 0.6) is 5.75 Å². The molecule has 1 N–H and O–H groups in total. The maximum Gasteiger partial charge on any atom is 0.312 e. The molecule has 0 aliphatic rings. The van der Waals surface area contributed by atoms with Gasteiger partial charge in [0.2, 0.25) is 0 Å². The standard InChI is InChI=1S/C7H3ClN2O5S/c8-16(14,15)7-2-5(10(12)13)6(11)1-4(7)3-9/h1-2,11H. The van der Waals surface area contributed by atoms with Gasteiger partial charge >= 0.3 is 5.69 Å². The van der Waals surface area contributed by atoms with Gasteiger partial charge in [-0.15, -0.1) is 0 Å². The summed E-state index contributed by atoms with van der Waals surface area (Å²) >= 11 is 0. The molecule has 0 heterocycles. The first-order chi connectivity index (χ1) is 7.27. The van der Waals surface area contributed by atoms with Crippen molar-refractivity contribution in [1.82, 2.24) is 0 Å². The van der Waals surface area contributed by atoms with Crippen LogP contribution in [0.4, 0.5) is 5.69 Å². The van der Waals surface area contributed by atoms with E-state index < -0.39 is 35.9 Å². The van der Waals surface area contributed by atoms with E-state index in [1.165, 1.54) is 6.07 Å². The third-order valence-electron chi connectivity index (χ3n) is 1.66. The Balaban J connectivity index is 3.68. The highest BCUT2D eigenvalue weighted by molar-refractivity contribution is 8.13. The molecule has 0 saturated carbocycles. The van der Waals surface area contributed by atoms with Gasteiger partial charge < -0.3 is 5.11 Å². The second-order valence-electron chi connectivity index (χ2n) is 2.64. The fraction of sp³-hybridized carbons (Fsp3) is 0. The first-order valence-electron chi connectivity index (χ1n) is 3.63. The van der Waals surface area contributed by atoms with Gasteiger partial charge in [0.1, 0.15) is 11.0 Å². The normalized spacial score (nSPS) is 10.8. The van der Waals surface area contributed by atoms with Crippen LogP contribution in [-0.4, -0.2) is 18.4 Å². The Morgan fingerprint density at radius 3 is 2.44 bits per heavy atom. The zero-order valence-corrected chi connectivity index (χ0v) is 8.99. The number of rotatable bonds is 2. The number of benzene rings is 1. The largest absolute Gasteiger partial charge is 0.502 e. The summed E-state index contributed by atoms with van der Waals surface area (Å²) in [4.78, 5) is 8.73. The van der Waals surface area contributed by atoms with E-state index >= 15 is 0 Å². The van der Waals surface area contributed by atoms with Gasteiger partial charge in [-0.2, -0.15) is 5.26 Å². The number of phenolic OH excluding ortho intramolecular Hbond substituents is 1. The second-order valence-corrected chi connectivity index (χ2v) is 5.18. The molecule has 1 rings (SSSR count). The molecule has 1 aromatic rings. The third kappa shape index (κ3) is 2.21. The molecule has 0 atom stereocenters. The summed E-state index contributed by atoms with van der Waals surface area (Å²) in [5, 5.41) is 28.2. The minimum atomic E-state index is -4.28. The molecule has 1 aromatic carbocycles. The Kier molecular flexibility index (Phi) is 3.02. The van der Waals surface area contributed by atoms with E-state index in [1.807, 2.05) is 0 Å². The van der Waals surface area contributed by atoms with Gasteiger partial charge in [0.05, 0.1) is 10.5 Å². The van der Waals surface area contributed by atoms with Crippen molar-refractivity contribution < 1.29 is 18.4 Å². The first-order valence-corrected chi connectivity index (χ1v) is 5.94. The van der Waals surface area contributed by atoms with Crippen molar-refractivity contribution in [3.05, 3.63) is 27.8 Å². The van der Waals surface area contributed by atoms with E-state index in [1.54, 1.807) is 0 Å². The monoisotopic (exact) mass is 262 g/mol. The fourth-order valence-electron chi connectivity index (χ4n) is 0.993. The highest BCUT2D eigenvalue weighted by Gasteiger charge is 2.24. The number of nitrogens with zero attached hydrogens (tertiary/aromatic N) is 2. The van der Waals surface area contributed by atoms with Gasteiger partial charge in [0, 0.05) is 22.8 Å². The van der Waals surface area contributed by atoms with Crippen LogP contribution in [0.2, 0.25) is 0 Å². The summed E-state index contributed by atoms with van der Waals surface area (Å²) in [6.45, 7) is 0. The average Bonchev–Trinajstić information content (AvgIpc) is 2.14. The molecular weight excluding hydrogens is 260 g/mol. The Hall–Kier alpha value is -1.85. The van der Waals surface area contributed by atoms with Gasteiger partial charge in [0.15, 0.2) is 5.75 Å². The zero-order chi connectivity index (χ0) is 12.5. The van der Waals surface area contributed by atoms with Crippen molar-refractivity contribution >= 4 is 25.4 Å². The molecule has 0 fully saturated rings. The van der Waals surface area contributed by atoms with Crippen LogP contribution in [0.3, 0.4) is 0 Å². The van der Waals surface area contributed by atoms with Crippen LogP contribution in [0.1, 0.15) is 5.56 Å². The van der Waals surface area contributed by atoms with Crippen molar-refractivity contribution in [3.8, 4) is 11.8 Å². The Morgan fingerprint density at radius 1 is 1.50 bits per heavy atom. The molecule has 0 radical (unpaired) electrons. The number of phenols is 1. The van der Waals surface area contributed by atoms with Crippen molar-refractivity contribution in [2.24, 2.45) is 0 Å². The number of hydrogen-bond donors (Lipinski definition) is 1. The Labute approximate surface area is 94.1 Å². The van der Waals surface area contributed by atoms with Crippen LogP contribution in [-0.2, 0) is 9.05 Å². The zero-order valence-electron chi connectivity index (χ0n) is 7.42. The van der Waals surface area contributed by atoms with Gasteiger partial charge in [-0.3, -0.25) is 10.1 Å². The van der Waals surface area contributed by atoms with Gasteiger partial charge in [0.25, 0.3) is 9.05 Å². The number of aromatic hydroxyl groups is 1. The second kappa shape index (κ2) is 3.96. The summed E-state index contributed by atoms with van der Waals surface area (Å²) in [5.74, 6) is -0.800. The molecule has 0 aliphatic carbocycles. The predicted octanol–water partition coefficient (Wildman–Crippen LogP) is 1.10. The van der Waals surface area contributed by atoms with E-state index in [-0.39, 0.29) is 0 Å². The lowest BCUT2D eigenvalue weighted by Gasteiger charge is -2.01. The molecule has 0 spiro atoms. The lowest BCUT2D eigenvalue weighted by Crippen LogP contribution is -1.98. The van der Waals surface area contributed by atoms with E-state index in [0.717, 1.165) is 0 Å². The van der Waals surface area contributed by atoms with E-state index in [0.29, 0.717) is 12.1 Å². The third-order valence-corrected chi connectivity index (χ3v) is 3.02. The quantitative estimate of drug-likeness (QED) is 0.484. The van der Waals surface area contributed by atoms with Crippen LogP contribution in [0.15, 0.2) is 17.0 Å². The molecule has 9 heteroatoms. The molecule has 0 aliphatic heterocycles. The summed E-state index contributed by atoms with van der Waals surface area (Å²) in [7, 11) is 0.704. The lowest BCUT2D eigenvalue weighted by atomic mass is 10.2. The van der Waals surface area contributed by atoms with Gasteiger partial charge in [-0.1, -0.05) is 0 Å². The SMILES string of the molecule is N#Cc1cc(O)c([N+](=O)[O-])cc1S(=O)(=O)Cl. The number of nitro groups is 1. The van der Waals surface area contributed by atoms with Crippen molar-refractivity contribution in [1.29, 1.82) is 5.26 Å². The molecule has 16 heavy (non-hydrogen) atoms. The molecule has 0 bridgehead atoms. The smallest absolute Gasteiger partial charge is 0.312 e. The van der Waals surface area contributed by atoms with Crippen LogP contribution < -0.4 is 0 Å². The average molecular weight is 263 g/mol. The van der Waals surface area contributed by atoms with E-state index in [4.69, 9.17) is 21.1 Å². The topological polar surface area (TPSA) is 121 Å². The van der Waals surface area contributed by atoms with E-state index in [9.17, 15) is 18.5 Å². The highest BCUT2D eigenvalue weighted by atomic mass is 35.7. The van der Waals surface area contributed by atoms with Crippen LogP contribution in [0.25, 0.3) is 0 Å².